The molecule has 0 heterocycles. The Bertz CT molecular complexity index is 818. The van der Waals surface area contributed by atoms with E-state index in [0.29, 0.717) is 24.0 Å². The predicted octanol–water partition coefficient (Wildman–Crippen LogP) is 3.64. The minimum absolute atomic E-state index is 0.147. The van der Waals surface area contributed by atoms with Crippen molar-refractivity contribution in [3.8, 4) is 17.6 Å². The molecule has 5 nitrogen and oxygen atoms in total. The molecule has 0 aliphatic heterocycles. The van der Waals surface area contributed by atoms with Gasteiger partial charge in [-0.3, -0.25) is 4.79 Å². The third-order valence-corrected chi connectivity index (χ3v) is 3.23. The molecule has 0 aromatic heterocycles. The molecule has 2 aromatic rings. The molecule has 0 fully saturated rings. The Morgan fingerprint density at radius 2 is 2.00 bits per heavy atom. The normalized spacial score (nSPS) is 11.3. The summed E-state index contributed by atoms with van der Waals surface area (Å²) in [6, 6.07) is 9.38. The monoisotopic (exact) mass is 346 g/mol. The molecule has 0 saturated carbocycles. The zero-order chi connectivity index (χ0) is 18.4. The van der Waals surface area contributed by atoms with Crippen LogP contribution in [0.1, 0.15) is 19.4 Å². The highest BCUT2D eigenvalue weighted by molar-refractivity contribution is 5.94. The number of rotatable bonds is 6. The fourth-order valence-electron chi connectivity index (χ4n) is 2.01. The van der Waals surface area contributed by atoms with E-state index in [9.17, 15) is 13.6 Å². The van der Waals surface area contributed by atoms with Crippen LogP contribution in [0.15, 0.2) is 36.4 Å². The molecule has 0 unspecified atom stereocenters. The second-order valence-corrected chi connectivity index (χ2v) is 5.08. The molecular weight excluding hydrogens is 330 g/mol. The molecule has 0 aliphatic rings. The summed E-state index contributed by atoms with van der Waals surface area (Å²) in [7, 11) is 0. The van der Waals surface area contributed by atoms with Crippen molar-refractivity contribution in [3.63, 3.8) is 0 Å². The van der Waals surface area contributed by atoms with Gasteiger partial charge in [-0.15, -0.1) is 0 Å². The van der Waals surface area contributed by atoms with Crippen molar-refractivity contribution in [2.45, 2.75) is 20.0 Å². The van der Waals surface area contributed by atoms with E-state index in [1.165, 1.54) is 25.1 Å². The van der Waals surface area contributed by atoms with E-state index in [4.69, 9.17) is 14.7 Å². The Labute approximate surface area is 143 Å². The third kappa shape index (κ3) is 4.67. The van der Waals surface area contributed by atoms with Crippen molar-refractivity contribution in [2.75, 3.05) is 11.9 Å². The summed E-state index contributed by atoms with van der Waals surface area (Å²) in [5, 5.41) is 11.3. The average Bonchev–Trinajstić information content (AvgIpc) is 2.59. The van der Waals surface area contributed by atoms with Gasteiger partial charge in [-0.1, -0.05) is 0 Å². The van der Waals surface area contributed by atoms with E-state index < -0.39 is 23.6 Å². The number of carbonyl (C=O) groups is 1. The third-order valence-electron chi connectivity index (χ3n) is 3.23. The lowest BCUT2D eigenvalue weighted by molar-refractivity contribution is -0.122. The second-order valence-electron chi connectivity index (χ2n) is 5.08. The van der Waals surface area contributed by atoms with Crippen LogP contribution in [0.25, 0.3) is 0 Å². The van der Waals surface area contributed by atoms with Crippen molar-refractivity contribution < 1.29 is 23.0 Å². The molecule has 1 atom stereocenters. The molecule has 2 rings (SSSR count). The van der Waals surface area contributed by atoms with Gasteiger partial charge in [0.2, 0.25) is 0 Å². The molecule has 1 N–H and O–H groups in total. The zero-order valence-corrected chi connectivity index (χ0v) is 13.7. The van der Waals surface area contributed by atoms with Gasteiger partial charge in [0.1, 0.15) is 11.6 Å². The van der Waals surface area contributed by atoms with Crippen LogP contribution in [0.4, 0.5) is 14.5 Å². The number of halogens is 2. The van der Waals surface area contributed by atoms with Gasteiger partial charge in [0.05, 0.1) is 23.9 Å². The van der Waals surface area contributed by atoms with E-state index in [-0.39, 0.29) is 11.4 Å². The Hall–Kier alpha value is -3.14. The lowest BCUT2D eigenvalue weighted by Gasteiger charge is -2.17. The minimum atomic E-state index is -0.975. The number of nitriles is 1. The quantitative estimate of drug-likeness (QED) is 0.867. The largest absolute Gasteiger partial charge is 0.490 e. The van der Waals surface area contributed by atoms with Crippen LogP contribution in [0.5, 0.6) is 11.5 Å². The van der Waals surface area contributed by atoms with Crippen molar-refractivity contribution in [1.29, 1.82) is 5.26 Å². The highest BCUT2D eigenvalue weighted by Crippen LogP contribution is 2.29. The van der Waals surface area contributed by atoms with Gasteiger partial charge >= 0.3 is 0 Å². The summed E-state index contributed by atoms with van der Waals surface area (Å²) in [6.07, 6.45) is -0.975. The van der Waals surface area contributed by atoms with Crippen LogP contribution in [0.3, 0.4) is 0 Å². The van der Waals surface area contributed by atoms with E-state index in [2.05, 4.69) is 5.32 Å². The van der Waals surface area contributed by atoms with Crippen molar-refractivity contribution in [1.82, 2.24) is 0 Å². The maximum atomic E-state index is 13.6. The molecule has 0 radical (unpaired) electrons. The molecular formula is C18H16F2N2O3. The number of benzene rings is 2. The lowest BCUT2D eigenvalue weighted by atomic mass is 10.2. The summed E-state index contributed by atoms with van der Waals surface area (Å²) < 4.78 is 37.5. The Balaban J connectivity index is 2.12. The summed E-state index contributed by atoms with van der Waals surface area (Å²) >= 11 is 0. The van der Waals surface area contributed by atoms with Gasteiger partial charge in [0, 0.05) is 12.1 Å². The summed E-state index contributed by atoms with van der Waals surface area (Å²) in [4.78, 5) is 12.2. The molecule has 7 heteroatoms. The van der Waals surface area contributed by atoms with Crippen LogP contribution in [-0.2, 0) is 4.79 Å². The van der Waals surface area contributed by atoms with Crippen LogP contribution in [0.2, 0.25) is 0 Å². The first-order valence-corrected chi connectivity index (χ1v) is 7.54. The maximum Gasteiger partial charge on any atom is 0.265 e. The molecule has 130 valence electrons. The Kier molecular flexibility index (Phi) is 5.90. The van der Waals surface area contributed by atoms with Gasteiger partial charge in [0.25, 0.3) is 5.91 Å². The van der Waals surface area contributed by atoms with E-state index >= 15 is 0 Å². The fourth-order valence-corrected chi connectivity index (χ4v) is 2.01. The van der Waals surface area contributed by atoms with E-state index in [1.54, 1.807) is 6.92 Å². The van der Waals surface area contributed by atoms with E-state index in [1.807, 2.05) is 6.07 Å². The number of anilines is 1. The summed E-state index contributed by atoms with van der Waals surface area (Å²) in [6.45, 7) is 3.60. The molecule has 0 bridgehead atoms. The molecule has 0 spiro atoms. The minimum Gasteiger partial charge on any atom is -0.490 e. The second kappa shape index (κ2) is 8.11. The van der Waals surface area contributed by atoms with Crippen LogP contribution >= 0.6 is 0 Å². The molecule has 0 saturated heterocycles. The Morgan fingerprint density at radius 3 is 2.64 bits per heavy atom. The van der Waals surface area contributed by atoms with Crippen molar-refractivity contribution in [2.24, 2.45) is 0 Å². The van der Waals surface area contributed by atoms with Gasteiger partial charge < -0.3 is 14.8 Å². The smallest absolute Gasteiger partial charge is 0.265 e. The Morgan fingerprint density at radius 1 is 1.24 bits per heavy atom. The van der Waals surface area contributed by atoms with Gasteiger partial charge in [-0.2, -0.15) is 5.26 Å². The highest BCUT2D eigenvalue weighted by atomic mass is 19.1. The number of nitrogens with zero attached hydrogens (tertiary/aromatic N) is 1. The van der Waals surface area contributed by atoms with Gasteiger partial charge in [-0.25, -0.2) is 8.78 Å². The molecule has 1 amide bonds. The lowest BCUT2D eigenvalue weighted by Crippen LogP contribution is -2.30. The first-order chi connectivity index (χ1) is 11.9. The van der Waals surface area contributed by atoms with Gasteiger partial charge in [-0.05, 0) is 38.1 Å². The molecule has 0 aliphatic carbocycles. The predicted molar refractivity (Wildman–Crippen MR) is 87.4 cm³/mol. The SMILES string of the molecule is CCOc1cc(C#N)ccc1O[C@H](C)C(=O)Nc1ccc(F)cc1F. The first kappa shape index (κ1) is 18.2. The van der Waals surface area contributed by atoms with E-state index in [0.717, 1.165) is 12.1 Å². The number of amides is 1. The maximum absolute atomic E-state index is 13.6. The summed E-state index contributed by atoms with van der Waals surface area (Å²) in [5.74, 6) is -1.62. The van der Waals surface area contributed by atoms with Crippen LogP contribution in [-0.4, -0.2) is 18.6 Å². The molecule has 25 heavy (non-hydrogen) atoms. The zero-order valence-electron chi connectivity index (χ0n) is 13.7. The average molecular weight is 346 g/mol. The number of ether oxygens (including phenoxy) is 2. The first-order valence-electron chi connectivity index (χ1n) is 7.54. The van der Waals surface area contributed by atoms with Crippen molar-refractivity contribution in [3.05, 3.63) is 53.6 Å². The topological polar surface area (TPSA) is 71.3 Å². The number of hydrogen-bond donors (Lipinski definition) is 1. The van der Waals surface area contributed by atoms with Crippen LogP contribution < -0.4 is 14.8 Å². The number of nitrogens with one attached hydrogen (secondary N) is 1. The standard InChI is InChI=1S/C18H16F2N2O3/c1-3-24-17-8-12(10-21)4-7-16(17)25-11(2)18(23)22-15-6-5-13(19)9-14(15)20/h4-9,11H,3H2,1-2H3,(H,22,23)/t11-/m1/s1. The van der Waals surface area contributed by atoms with Crippen LogP contribution in [0, 0.1) is 23.0 Å². The van der Waals surface area contributed by atoms with Crippen molar-refractivity contribution >= 4 is 11.6 Å². The molecule has 2 aromatic carbocycles. The number of carbonyl (C=O) groups excluding carboxylic acids is 1. The highest BCUT2D eigenvalue weighted by Gasteiger charge is 2.19. The number of hydrogen-bond acceptors (Lipinski definition) is 4. The fraction of sp³-hybridized carbons (Fsp3) is 0.222. The van der Waals surface area contributed by atoms with Gasteiger partial charge in [0.15, 0.2) is 17.6 Å². The summed E-state index contributed by atoms with van der Waals surface area (Å²) in [5.41, 5.74) is 0.244.